The molecule has 0 amide bonds. The average molecular weight is 257 g/mol. The topological polar surface area (TPSA) is 60.2 Å². The lowest BCUT2D eigenvalue weighted by atomic mass is 10.2. The molecule has 2 unspecified atom stereocenters. The highest BCUT2D eigenvalue weighted by Crippen LogP contribution is 2.24. The zero-order valence-corrected chi connectivity index (χ0v) is 11.3. The molecule has 0 aliphatic carbocycles. The largest absolute Gasteiger partial charge is 0.380 e. The van der Waals surface area contributed by atoms with Gasteiger partial charge in [0.1, 0.15) is 0 Å². The first-order valence-electron chi connectivity index (χ1n) is 5.89. The number of nitrogens with zero attached hydrogens (tertiary/aromatic N) is 2. The van der Waals surface area contributed by atoms with Crippen molar-refractivity contribution in [3.05, 3.63) is 11.7 Å². The Morgan fingerprint density at radius 3 is 3.06 bits per heavy atom. The van der Waals surface area contributed by atoms with Crippen LogP contribution in [0.1, 0.15) is 38.0 Å². The number of thioether (sulfide) groups is 1. The smallest absolute Gasteiger partial charge is 0.243 e. The predicted molar refractivity (Wildman–Crippen MR) is 66.9 cm³/mol. The molecular weight excluding hydrogens is 238 g/mol. The minimum absolute atomic E-state index is 0.144. The van der Waals surface area contributed by atoms with Crippen LogP contribution in [0.5, 0.6) is 0 Å². The van der Waals surface area contributed by atoms with Crippen molar-refractivity contribution in [2.45, 2.75) is 43.4 Å². The number of hydrogen-bond donors (Lipinski definition) is 1. The molecule has 1 aromatic heterocycles. The molecule has 1 N–H and O–H groups in total. The number of nitrogens with one attached hydrogen (secondary N) is 1. The van der Waals surface area contributed by atoms with E-state index in [9.17, 15) is 0 Å². The monoisotopic (exact) mass is 257 g/mol. The van der Waals surface area contributed by atoms with Crippen LogP contribution in [-0.4, -0.2) is 35.1 Å². The van der Waals surface area contributed by atoms with E-state index < -0.39 is 0 Å². The Balaban J connectivity index is 1.90. The quantitative estimate of drug-likeness (QED) is 0.867. The first-order valence-corrected chi connectivity index (χ1v) is 6.94. The van der Waals surface area contributed by atoms with Crippen LogP contribution in [0.2, 0.25) is 0 Å². The zero-order valence-electron chi connectivity index (χ0n) is 10.5. The summed E-state index contributed by atoms with van der Waals surface area (Å²) in [6.45, 7) is 5.17. The van der Waals surface area contributed by atoms with E-state index in [1.54, 1.807) is 7.11 Å². The third kappa shape index (κ3) is 3.43. The van der Waals surface area contributed by atoms with Crippen LogP contribution in [0.25, 0.3) is 0 Å². The second-order valence-electron chi connectivity index (χ2n) is 4.46. The average Bonchev–Trinajstić information content (AvgIpc) is 2.94. The maximum Gasteiger partial charge on any atom is 0.243 e. The summed E-state index contributed by atoms with van der Waals surface area (Å²) in [6, 6.07) is 0.144. The van der Waals surface area contributed by atoms with Gasteiger partial charge in [0.05, 0.1) is 17.9 Å². The fourth-order valence-electron chi connectivity index (χ4n) is 1.78. The molecule has 17 heavy (non-hydrogen) atoms. The Kier molecular flexibility index (Phi) is 4.42. The normalized spacial score (nSPS) is 24.7. The second-order valence-corrected chi connectivity index (χ2v) is 6.03. The van der Waals surface area contributed by atoms with Crippen molar-refractivity contribution in [3.63, 3.8) is 0 Å². The summed E-state index contributed by atoms with van der Waals surface area (Å²) in [4.78, 5) is 4.42. The van der Waals surface area contributed by atoms with Crippen molar-refractivity contribution in [2.75, 3.05) is 13.7 Å². The van der Waals surface area contributed by atoms with Gasteiger partial charge in [0, 0.05) is 13.7 Å². The van der Waals surface area contributed by atoms with E-state index in [0.717, 1.165) is 24.5 Å². The highest BCUT2D eigenvalue weighted by Gasteiger charge is 2.29. The van der Waals surface area contributed by atoms with Crippen LogP contribution < -0.4 is 5.32 Å². The fourth-order valence-corrected chi connectivity index (χ4v) is 2.38. The van der Waals surface area contributed by atoms with E-state index in [4.69, 9.17) is 9.26 Å². The lowest BCUT2D eigenvalue weighted by molar-refractivity contribution is 0.116. The Morgan fingerprint density at radius 2 is 2.41 bits per heavy atom. The molecule has 0 radical (unpaired) electrons. The van der Waals surface area contributed by atoms with E-state index >= 15 is 0 Å². The van der Waals surface area contributed by atoms with Gasteiger partial charge in [-0.25, -0.2) is 0 Å². The summed E-state index contributed by atoms with van der Waals surface area (Å²) >= 11 is 1.82. The van der Waals surface area contributed by atoms with Gasteiger partial charge < -0.3 is 14.6 Å². The van der Waals surface area contributed by atoms with E-state index in [-0.39, 0.29) is 12.1 Å². The minimum Gasteiger partial charge on any atom is -0.380 e. The van der Waals surface area contributed by atoms with Crippen LogP contribution in [-0.2, 0) is 10.5 Å². The molecule has 0 spiro atoms. The molecule has 5 nitrogen and oxygen atoms in total. The first-order chi connectivity index (χ1) is 8.19. The van der Waals surface area contributed by atoms with Crippen LogP contribution in [0.15, 0.2) is 4.52 Å². The molecule has 0 bridgehead atoms. The van der Waals surface area contributed by atoms with Gasteiger partial charge in [0.25, 0.3) is 0 Å². The third-order valence-corrected chi connectivity index (χ3v) is 3.84. The van der Waals surface area contributed by atoms with E-state index in [0.29, 0.717) is 11.1 Å². The van der Waals surface area contributed by atoms with Crippen molar-refractivity contribution in [1.29, 1.82) is 0 Å². The van der Waals surface area contributed by atoms with Crippen LogP contribution in [0, 0.1) is 0 Å². The lowest BCUT2D eigenvalue weighted by Crippen LogP contribution is -2.16. The molecule has 1 fully saturated rings. The molecule has 2 rings (SSSR count). The first kappa shape index (κ1) is 12.9. The van der Waals surface area contributed by atoms with Gasteiger partial charge >= 0.3 is 0 Å². The van der Waals surface area contributed by atoms with Gasteiger partial charge in [-0.2, -0.15) is 16.7 Å². The molecule has 6 heteroatoms. The van der Waals surface area contributed by atoms with Crippen LogP contribution >= 0.6 is 11.8 Å². The van der Waals surface area contributed by atoms with E-state index in [1.165, 1.54) is 0 Å². The number of methoxy groups -OCH3 is 1. The van der Waals surface area contributed by atoms with E-state index in [2.05, 4.69) is 29.3 Å². The Labute approximate surface area is 106 Å². The molecular formula is C11H19N3O2S. The number of hydrogen-bond acceptors (Lipinski definition) is 6. The van der Waals surface area contributed by atoms with Crippen molar-refractivity contribution in [3.8, 4) is 0 Å². The fraction of sp³-hybridized carbons (Fsp3) is 0.818. The second kappa shape index (κ2) is 5.84. The van der Waals surface area contributed by atoms with Crippen molar-refractivity contribution in [1.82, 2.24) is 15.5 Å². The Hall–Kier alpha value is -0.590. The summed E-state index contributed by atoms with van der Waals surface area (Å²) in [6.07, 6.45) is 1.15. The molecule has 96 valence electrons. The van der Waals surface area contributed by atoms with E-state index in [1.807, 2.05) is 11.8 Å². The van der Waals surface area contributed by atoms with Gasteiger partial charge in [0.15, 0.2) is 5.82 Å². The Morgan fingerprint density at radius 1 is 1.59 bits per heavy atom. The molecule has 2 atom stereocenters. The number of aromatic nitrogens is 2. The van der Waals surface area contributed by atoms with Crippen molar-refractivity contribution >= 4 is 11.8 Å². The summed E-state index contributed by atoms with van der Waals surface area (Å²) in [5.41, 5.74) is 0. The maximum absolute atomic E-state index is 5.29. The number of rotatable bonds is 5. The SMILES string of the molecule is COC1CNC(c2nc(CSC(C)C)no2)C1. The summed E-state index contributed by atoms with van der Waals surface area (Å²) in [5, 5.41) is 7.90. The predicted octanol–water partition coefficient (Wildman–Crippen LogP) is 1.76. The Bertz CT molecular complexity index is 356. The maximum atomic E-state index is 5.29. The zero-order chi connectivity index (χ0) is 12.3. The standard InChI is InChI=1S/C11H19N3O2S/c1-7(2)17-6-10-13-11(16-14-10)9-4-8(15-3)5-12-9/h7-9,12H,4-6H2,1-3H3. The lowest BCUT2D eigenvalue weighted by Gasteiger charge is -2.04. The molecule has 0 saturated carbocycles. The van der Waals surface area contributed by atoms with Gasteiger partial charge in [-0.1, -0.05) is 19.0 Å². The molecule has 1 aliphatic rings. The highest BCUT2D eigenvalue weighted by molar-refractivity contribution is 7.99. The van der Waals surface area contributed by atoms with Gasteiger partial charge in [-0.05, 0) is 11.7 Å². The van der Waals surface area contributed by atoms with Crippen molar-refractivity contribution < 1.29 is 9.26 Å². The molecule has 1 aromatic rings. The molecule has 2 heterocycles. The van der Waals surface area contributed by atoms with Gasteiger partial charge in [-0.3, -0.25) is 0 Å². The summed E-state index contributed by atoms with van der Waals surface area (Å²) in [5.74, 6) is 2.27. The number of ether oxygens (including phenoxy) is 1. The summed E-state index contributed by atoms with van der Waals surface area (Å²) < 4.78 is 10.6. The third-order valence-electron chi connectivity index (χ3n) is 2.75. The van der Waals surface area contributed by atoms with Crippen LogP contribution in [0.3, 0.4) is 0 Å². The van der Waals surface area contributed by atoms with Gasteiger partial charge in [-0.15, -0.1) is 0 Å². The summed E-state index contributed by atoms with van der Waals surface area (Å²) in [7, 11) is 1.73. The molecule has 0 aromatic carbocycles. The van der Waals surface area contributed by atoms with Gasteiger partial charge in [0.2, 0.25) is 5.89 Å². The van der Waals surface area contributed by atoms with Crippen LogP contribution in [0.4, 0.5) is 0 Å². The highest BCUT2D eigenvalue weighted by atomic mass is 32.2. The molecule has 1 aliphatic heterocycles. The minimum atomic E-state index is 0.144. The molecule has 1 saturated heterocycles. The van der Waals surface area contributed by atoms with Crippen molar-refractivity contribution in [2.24, 2.45) is 0 Å².